The maximum Gasteiger partial charge on any atom is 0.407 e. The van der Waals surface area contributed by atoms with Gasteiger partial charge in [0.05, 0.1) is 17.6 Å². The summed E-state index contributed by atoms with van der Waals surface area (Å²) in [5, 5.41) is 3.05. The van der Waals surface area contributed by atoms with E-state index in [4.69, 9.17) is 9.72 Å². The third-order valence-electron chi connectivity index (χ3n) is 5.65. The van der Waals surface area contributed by atoms with Crippen molar-refractivity contribution in [3.05, 3.63) is 59.7 Å². The van der Waals surface area contributed by atoms with Crippen molar-refractivity contribution in [1.29, 1.82) is 0 Å². The molecule has 164 valence electrons. The third-order valence-corrected chi connectivity index (χ3v) is 5.65. The monoisotopic (exact) mass is 420 g/mol. The second-order valence-electron chi connectivity index (χ2n) is 9.34. The second-order valence-corrected chi connectivity index (χ2v) is 9.34. The molecule has 6 heteroatoms. The number of rotatable bonds is 4. The summed E-state index contributed by atoms with van der Waals surface area (Å²) in [7, 11) is 0. The number of ether oxygens (including phenoxy) is 1. The number of anilines is 1. The van der Waals surface area contributed by atoms with Crippen LogP contribution in [-0.2, 0) is 11.3 Å². The summed E-state index contributed by atoms with van der Waals surface area (Å²) in [6.07, 6.45) is 1.58. The molecule has 2 aromatic carbocycles. The van der Waals surface area contributed by atoms with Crippen molar-refractivity contribution in [3.8, 4) is 0 Å². The van der Waals surface area contributed by atoms with Crippen LogP contribution in [0.4, 0.5) is 10.7 Å². The number of para-hydroxylation sites is 2. The fourth-order valence-corrected chi connectivity index (χ4v) is 4.17. The van der Waals surface area contributed by atoms with Gasteiger partial charge in [-0.1, -0.05) is 36.4 Å². The van der Waals surface area contributed by atoms with E-state index in [9.17, 15) is 4.79 Å². The van der Waals surface area contributed by atoms with Crippen molar-refractivity contribution in [2.24, 2.45) is 0 Å². The number of alkyl carbamates (subject to hydrolysis) is 1. The van der Waals surface area contributed by atoms with Crippen LogP contribution < -0.4 is 10.2 Å². The van der Waals surface area contributed by atoms with Gasteiger partial charge < -0.3 is 19.5 Å². The third kappa shape index (κ3) is 5.01. The Bertz CT molecular complexity index is 1070. The van der Waals surface area contributed by atoms with E-state index < -0.39 is 5.60 Å². The number of aromatic nitrogens is 2. The first-order chi connectivity index (χ1) is 14.8. The van der Waals surface area contributed by atoms with Crippen LogP contribution in [0.5, 0.6) is 0 Å². The molecule has 1 aromatic heterocycles. The van der Waals surface area contributed by atoms with Crippen molar-refractivity contribution in [2.45, 2.75) is 58.7 Å². The highest BCUT2D eigenvalue weighted by Gasteiger charge is 2.27. The van der Waals surface area contributed by atoms with E-state index >= 15 is 0 Å². The molecule has 1 fully saturated rings. The normalized spacial score (nSPS) is 17.0. The van der Waals surface area contributed by atoms with Crippen molar-refractivity contribution in [2.75, 3.05) is 18.0 Å². The number of hydrogen-bond acceptors (Lipinski definition) is 4. The van der Waals surface area contributed by atoms with Gasteiger partial charge in [-0.15, -0.1) is 0 Å². The molecule has 0 saturated carbocycles. The summed E-state index contributed by atoms with van der Waals surface area (Å²) >= 11 is 0. The molecular formula is C25H32N4O2. The lowest BCUT2D eigenvalue weighted by Gasteiger charge is -2.34. The number of carbonyl (C=O) groups is 1. The molecule has 1 aliphatic heterocycles. The minimum absolute atomic E-state index is 0.0373. The van der Waals surface area contributed by atoms with Crippen molar-refractivity contribution >= 4 is 23.1 Å². The molecule has 0 aliphatic carbocycles. The maximum atomic E-state index is 12.3. The van der Waals surface area contributed by atoms with Gasteiger partial charge in [0.15, 0.2) is 0 Å². The zero-order chi connectivity index (χ0) is 22.0. The topological polar surface area (TPSA) is 59.4 Å². The standard InChI is InChI=1S/C25H32N4O2/c1-18-10-5-6-11-19(18)16-29-22-14-8-7-13-21(22)27-23(29)28-15-9-12-20(17-28)26-24(30)31-25(2,3)4/h5-8,10-11,13-14,20H,9,12,15-17H2,1-4H3,(H,26,30)/t20-/m0/s1. The van der Waals surface area contributed by atoms with E-state index in [1.54, 1.807) is 0 Å². The lowest BCUT2D eigenvalue weighted by molar-refractivity contribution is 0.0500. The Morgan fingerprint density at radius 1 is 1.16 bits per heavy atom. The van der Waals surface area contributed by atoms with E-state index in [2.05, 4.69) is 64.2 Å². The molecule has 4 rings (SSSR count). The van der Waals surface area contributed by atoms with Crippen LogP contribution in [0.25, 0.3) is 11.0 Å². The van der Waals surface area contributed by atoms with E-state index in [1.807, 2.05) is 26.8 Å². The quantitative estimate of drug-likeness (QED) is 0.653. The molecular weight excluding hydrogens is 388 g/mol. The average molecular weight is 421 g/mol. The SMILES string of the molecule is Cc1ccccc1Cn1c(N2CCC[C@H](NC(=O)OC(C)(C)C)C2)nc2ccccc21. The molecule has 1 aliphatic rings. The molecule has 1 N–H and O–H groups in total. The van der Waals surface area contributed by atoms with Crippen molar-refractivity contribution < 1.29 is 9.53 Å². The minimum atomic E-state index is -0.500. The van der Waals surface area contributed by atoms with Gasteiger partial charge in [-0.25, -0.2) is 9.78 Å². The van der Waals surface area contributed by atoms with Gasteiger partial charge in [0.25, 0.3) is 0 Å². The zero-order valence-corrected chi connectivity index (χ0v) is 18.9. The summed E-state index contributed by atoms with van der Waals surface area (Å²) in [4.78, 5) is 19.6. The lowest BCUT2D eigenvalue weighted by Crippen LogP contribution is -2.49. The Hall–Kier alpha value is -3.02. The summed E-state index contributed by atoms with van der Waals surface area (Å²) in [6, 6.07) is 16.8. The highest BCUT2D eigenvalue weighted by atomic mass is 16.6. The molecule has 6 nitrogen and oxygen atoms in total. The zero-order valence-electron chi connectivity index (χ0n) is 18.9. The Labute approximate surface area is 184 Å². The summed E-state index contributed by atoms with van der Waals surface area (Å²) < 4.78 is 7.76. The molecule has 3 aromatic rings. The van der Waals surface area contributed by atoms with Crippen LogP contribution in [0.1, 0.15) is 44.7 Å². The fraction of sp³-hybridized carbons (Fsp3) is 0.440. The number of benzene rings is 2. The molecule has 1 amide bonds. The number of nitrogens with zero attached hydrogens (tertiary/aromatic N) is 3. The molecule has 2 heterocycles. The smallest absolute Gasteiger partial charge is 0.407 e. The largest absolute Gasteiger partial charge is 0.444 e. The van der Waals surface area contributed by atoms with Gasteiger partial charge >= 0.3 is 6.09 Å². The summed E-state index contributed by atoms with van der Waals surface area (Å²) in [6.45, 7) is 10.2. The maximum absolute atomic E-state index is 12.3. The van der Waals surface area contributed by atoms with Gasteiger partial charge in [0, 0.05) is 19.1 Å². The average Bonchev–Trinajstić information content (AvgIpc) is 3.07. The Morgan fingerprint density at radius 2 is 1.90 bits per heavy atom. The highest BCUT2D eigenvalue weighted by Crippen LogP contribution is 2.27. The fourth-order valence-electron chi connectivity index (χ4n) is 4.17. The Kier molecular flexibility index (Phi) is 5.90. The van der Waals surface area contributed by atoms with Crippen LogP contribution >= 0.6 is 0 Å². The van der Waals surface area contributed by atoms with Crippen LogP contribution in [0.15, 0.2) is 48.5 Å². The first-order valence-electron chi connectivity index (χ1n) is 11.0. The summed E-state index contributed by atoms with van der Waals surface area (Å²) in [5.74, 6) is 0.958. The number of hydrogen-bond donors (Lipinski definition) is 1. The van der Waals surface area contributed by atoms with Crippen LogP contribution in [0.2, 0.25) is 0 Å². The highest BCUT2D eigenvalue weighted by molar-refractivity contribution is 5.79. The number of aryl methyl sites for hydroxylation is 1. The van der Waals surface area contributed by atoms with Crippen molar-refractivity contribution in [1.82, 2.24) is 14.9 Å². The second kappa shape index (κ2) is 8.61. The van der Waals surface area contributed by atoms with E-state index in [0.29, 0.717) is 0 Å². The van der Waals surface area contributed by atoms with Gasteiger partial charge in [0.1, 0.15) is 5.60 Å². The van der Waals surface area contributed by atoms with Gasteiger partial charge in [-0.3, -0.25) is 0 Å². The molecule has 0 radical (unpaired) electrons. The number of carbonyl (C=O) groups excluding carboxylic acids is 1. The molecule has 1 atom stereocenters. The predicted octanol–water partition coefficient (Wildman–Crippen LogP) is 4.89. The summed E-state index contributed by atoms with van der Waals surface area (Å²) in [5.41, 5.74) is 4.18. The van der Waals surface area contributed by atoms with Gasteiger partial charge in [-0.2, -0.15) is 0 Å². The number of nitrogens with one attached hydrogen (secondary N) is 1. The van der Waals surface area contributed by atoms with E-state index in [1.165, 1.54) is 11.1 Å². The van der Waals surface area contributed by atoms with E-state index in [0.717, 1.165) is 49.5 Å². The number of imidazole rings is 1. The number of piperidine rings is 1. The first kappa shape index (κ1) is 21.2. The Morgan fingerprint density at radius 3 is 2.68 bits per heavy atom. The number of fused-ring (bicyclic) bond motifs is 1. The molecule has 0 bridgehead atoms. The van der Waals surface area contributed by atoms with Gasteiger partial charge in [0.2, 0.25) is 5.95 Å². The van der Waals surface area contributed by atoms with Crippen LogP contribution in [0.3, 0.4) is 0 Å². The lowest BCUT2D eigenvalue weighted by atomic mass is 10.1. The van der Waals surface area contributed by atoms with Gasteiger partial charge in [-0.05, 0) is 63.8 Å². The predicted molar refractivity (Wildman–Crippen MR) is 125 cm³/mol. The van der Waals surface area contributed by atoms with Crippen LogP contribution in [0, 0.1) is 6.92 Å². The minimum Gasteiger partial charge on any atom is -0.444 e. The molecule has 0 unspecified atom stereocenters. The van der Waals surface area contributed by atoms with Crippen LogP contribution in [-0.4, -0.2) is 40.4 Å². The Balaban J connectivity index is 1.60. The van der Waals surface area contributed by atoms with E-state index in [-0.39, 0.29) is 12.1 Å². The molecule has 31 heavy (non-hydrogen) atoms. The molecule has 0 spiro atoms. The number of amides is 1. The van der Waals surface area contributed by atoms with Crippen molar-refractivity contribution in [3.63, 3.8) is 0 Å². The first-order valence-corrected chi connectivity index (χ1v) is 11.0. The molecule has 1 saturated heterocycles.